The summed E-state index contributed by atoms with van der Waals surface area (Å²) in [6.07, 6.45) is 2.28. The molecule has 0 saturated carbocycles. The highest BCUT2D eigenvalue weighted by atomic mass is 16.6. The lowest BCUT2D eigenvalue weighted by Gasteiger charge is -2.49. The van der Waals surface area contributed by atoms with Crippen LogP contribution in [0.4, 0.5) is 4.79 Å². The Kier molecular flexibility index (Phi) is 7.08. The fraction of sp³-hybridized carbons (Fsp3) is 0.630. The number of carbonyl (C=O) groups excluding carboxylic acids is 3. The highest BCUT2D eigenvalue weighted by Crippen LogP contribution is 2.26. The number of aromatic nitrogens is 2. The van der Waals surface area contributed by atoms with Gasteiger partial charge in [0.1, 0.15) is 11.6 Å². The zero-order valence-electron chi connectivity index (χ0n) is 22.7. The summed E-state index contributed by atoms with van der Waals surface area (Å²) in [6, 6.07) is 5.29. The van der Waals surface area contributed by atoms with Crippen LogP contribution in [-0.2, 0) is 27.8 Å². The molecule has 3 fully saturated rings. The zero-order valence-corrected chi connectivity index (χ0v) is 22.7. The monoisotopic (exact) mass is 526 g/mol. The van der Waals surface area contributed by atoms with Crippen LogP contribution in [0.2, 0.25) is 0 Å². The maximum Gasteiger partial charge on any atom is 0.411 e. The molecule has 1 N–H and O–H groups in total. The Balaban J connectivity index is 1.18. The Labute approximate surface area is 222 Å². The van der Waals surface area contributed by atoms with Crippen molar-refractivity contribution in [2.45, 2.75) is 64.3 Å². The van der Waals surface area contributed by atoms with Crippen LogP contribution in [0.25, 0.3) is 11.0 Å². The molecule has 5 rings (SSSR count). The van der Waals surface area contributed by atoms with Gasteiger partial charge < -0.3 is 9.64 Å². The number of nitrogens with one attached hydrogen (secondary N) is 1. The summed E-state index contributed by atoms with van der Waals surface area (Å²) in [5, 5.41) is 2.35. The van der Waals surface area contributed by atoms with Crippen molar-refractivity contribution in [3.63, 3.8) is 0 Å². The Morgan fingerprint density at radius 3 is 2.39 bits per heavy atom. The van der Waals surface area contributed by atoms with E-state index in [2.05, 4.69) is 15.1 Å². The highest BCUT2D eigenvalue weighted by Gasteiger charge is 2.39. The van der Waals surface area contributed by atoms with E-state index in [-0.39, 0.29) is 30.3 Å². The topological polar surface area (TPSA) is 109 Å². The van der Waals surface area contributed by atoms with E-state index in [1.54, 1.807) is 11.6 Å². The van der Waals surface area contributed by atoms with Gasteiger partial charge in [-0.2, -0.15) is 0 Å². The van der Waals surface area contributed by atoms with E-state index in [9.17, 15) is 19.2 Å². The SMILES string of the molecule is Cn1c(=O)n(C2CCC(=O)NC2=O)c2ccc(CCN3CCN(C4CCN4C(=O)OC(C)(C)C)CC3)cc21. The molecule has 11 heteroatoms. The van der Waals surface area contributed by atoms with E-state index < -0.39 is 17.6 Å². The van der Waals surface area contributed by atoms with E-state index in [0.29, 0.717) is 11.9 Å². The number of carbonyl (C=O) groups is 3. The molecule has 1 aromatic heterocycles. The number of imidazole rings is 1. The maximum atomic E-state index is 13.0. The third kappa shape index (κ3) is 5.22. The van der Waals surface area contributed by atoms with Crippen LogP contribution in [0, 0.1) is 0 Å². The van der Waals surface area contributed by atoms with Crippen molar-refractivity contribution in [2.75, 3.05) is 39.3 Å². The van der Waals surface area contributed by atoms with Crippen LogP contribution in [0.15, 0.2) is 23.0 Å². The molecule has 2 aromatic rings. The van der Waals surface area contributed by atoms with Gasteiger partial charge in [-0.25, -0.2) is 9.59 Å². The average molecular weight is 527 g/mol. The van der Waals surface area contributed by atoms with Crippen molar-refractivity contribution >= 4 is 28.9 Å². The number of fused-ring (bicyclic) bond motifs is 1. The van der Waals surface area contributed by atoms with Crippen molar-refractivity contribution < 1.29 is 19.1 Å². The van der Waals surface area contributed by atoms with E-state index in [1.165, 1.54) is 4.57 Å². The number of imide groups is 1. The number of hydrogen-bond donors (Lipinski definition) is 1. The third-order valence-electron chi connectivity index (χ3n) is 7.84. The zero-order chi connectivity index (χ0) is 27.2. The van der Waals surface area contributed by atoms with E-state index >= 15 is 0 Å². The van der Waals surface area contributed by atoms with Gasteiger partial charge in [-0.15, -0.1) is 0 Å². The molecular formula is C27H38N6O5. The standard InChI is InChI=1S/C27H38N6O5/c1-27(2,3)38-26(37)32-12-10-23(32)31-15-13-30(14-16-31)11-9-18-5-6-19-21(17-18)29(4)25(36)33(19)20-7-8-22(34)28-24(20)35/h5-6,17,20,23H,7-16H2,1-4H3,(H,28,34,35). The van der Waals surface area contributed by atoms with Gasteiger partial charge in [-0.1, -0.05) is 6.07 Å². The van der Waals surface area contributed by atoms with Crippen molar-refractivity contribution in [3.8, 4) is 0 Å². The first kappa shape index (κ1) is 26.4. The number of amides is 3. The lowest BCUT2D eigenvalue weighted by molar-refractivity contribution is -0.135. The summed E-state index contributed by atoms with van der Waals surface area (Å²) in [5.74, 6) is -0.717. The van der Waals surface area contributed by atoms with Gasteiger partial charge in [0, 0.05) is 52.7 Å². The Hall–Kier alpha value is -3.18. The number of rotatable bonds is 5. The Bertz CT molecular complexity index is 1300. The second-order valence-electron chi connectivity index (χ2n) is 11.6. The summed E-state index contributed by atoms with van der Waals surface area (Å²) in [6.45, 7) is 11.0. The average Bonchev–Trinajstić information content (AvgIpc) is 3.06. The molecule has 11 nitrogen and oxygen atoms in total. The van der Waals surface area contributed by atoms with Crippen molar-refractivity contribution in [1.29, 1.82) is 0 Å². The van der Waals surface area contributed by atoms with Crippen LogP contribution in [0.1, 0.15) is 51.6 Å². The van der Waals surface area contributed by atoms with E-state index in [1.807, 2.05) is 43.9 Å². The minimum absolute atomic E-state index is 0.129. The molecule has 3 aliphatic heterocycles. The molecule has 0 spiro atoms. The second kappa shape index (κ2) is 10.2. The number of piperidine rings is 1. The van der Waals surface area contributed by atoms with Crippen molar-refractivity contribution in [2.24, 2.45) is 7.05 Å². The van der Waals surface area contributed by atoms with Crippen molar-refractivity contribution in [1.82, 2.24) is 29.2 Å². The molecule has 0 aliphatic carbocycles. The number of benzene rings is 1. The summed E-state index contributed by atoms with van der Waals surface area (Å²) >= 11 is 0. The van der Waals surface area contributed by atoms with Crippen LogP contribution in [-0.4, -0.2) is 92.8 Å². The van der Waals surface area contributed by atoms with Gasteiger partial charge in [0.2, 0.25) is 11.8 Å². The number of piperazine rings is 1. The summed E-state index contributed by atoms with van der Waals surface area (Å²) in [7, 11) is 1.72. The molecule has 38 heavy (non-hydrogen) atoms. The van der Waals surface area contributed by atoms with Gasteiger partial charge in [-0.3, -0.25) is 33.8 Å². The Morgan fingerprint density at radius 2 is 1.76 bits per heavy atom. The fourth-order valence-electron chi connectivity index (χ4n) is 5.65. The van der Waals surface area contributed by atoms with Gasteiger partial charge in [-0.05, 0) is 57.7 Å². The number of nitrogens with zero attached hydrogens (tertiary/aromatic N) is 5. The molecule has 4 heterocycles. The molecule has 3 aliphatic rings. The minimum Gasteiger partial charge on any atom is -0.444 e. The molecule has 3 saturated heterocycles. The minimum atomic E-state index is -0.673. The molecule has 0 radical (unpaired) electrons. The molecular weight excluding hydrogens is 488 g/mol. The molecule has 2 atom stereocenters. The van der Waals surface area contributed by atoms with Gasteiger partial charge in [0.25, 0.3) is 0 Å². The van der Waals surface area contributed by atoms with E-state index in [4.69, 9.17) is 4.74 Å². The maximum absolute atomic E-state index is 13.0. The predicted molar refractivity (Wildman–Crippen MR) is 142 cm³/mol. The lowest BCUT2D eigenvalue weighted by atomic mass is 10.1. The van der Waals surface area contributed by atoms with Crippen LogP contribution in [0.5, 0.6) is 0 Å². The number of aryl methyl sites for hydroxylation is 1. The van der Waals surface area contributed by atoms with E-state index in [0.717, 1.165) is 63.2 Å². The van der Waals surface area contributed by atoms with Gasteiger partial charge in [0.15, 0.2) is 0 Å². The molecule has 206 valence electrons. The number of hydrogen-bond acceptors (Lipinski definition) is 7. The molecule has 0 bridgehead atoms. The third-order valence-corrected chi connectivity index (χ3v) is 7.84. The predicted octanol–water partition coefficient (Wildman–Crippen LogP) is 1.44. The molecule has 2 unspecified atom stereocenters. The number of ether oxygens (including phenoxy) is 1. The summed E-state index contributed by atoms with van der Waals surface area (Å²) < 4.78 is 8.65. The first-order chi connectivity index (χ1) is 18.0. The highest BCUT2D eigenvalue weighted by molar-refractivity contribution is 6.00. The lowest BCUT2D eigenvalue weighted by Crippen LogP contribution is -2.63. The fourth-order valence-corrected chi connectivity index (χ4v) is 5.65. The molecule has 3 amide bonds. The van der Waals surface area contributed by atoms with Crippen LogP contribution >= 0.6 is 0 Å². The first-order valence-electron chi connectivity index (χ1n) is 13.5. The van der Waals surface area contributed by atoms with Crippen molar-refractivity contribution in [3.05, 3.63) is 34.2 Å². The van der Waals surface area contributed by atoms with Gasteiger partial charge >= 0.3 is 11.8 Å². The largest absolute Gasteiger partial charge is 0.444 e. The normalized spacial score (nSPS) is 23.4. The number of likely N-dealkylation sites (tertiary alicyclic amines) is 1. The molecule has 1 aromatic carbocycles. The smallest absolute Gasteiger partial charge is 0.411 e. The van der Waals surface area contributed by atoms with Crippen LogP contribution < -0.4 is 11.0 Å². The Morgan fingerprint density at radius 1 is 1.03 bits per heavy atom. The van der Waals surface area contributed by atoms with Crippen LogP contribution in [0.3, 0.4) is 0 Å². The second-order valence-corrected chi connectivity index (χ2v) is 11.6. The quantitative estimate of drug-likeness (QED) is 0.588. The summed E-state index contributed by atoms with van der Waals surface area (Å²) in [5.41, 5.74) is 1.89. The summed E-state index contributed by atoms with van der Waals surface area (Å²) in [4.78, 5) is 56.1. The van der Waals surface area contributed by atoms with Gasteiger partial charge in [0.05, 0.1) is 17.2 Å². The first-order valence-corrected chi connectivity index (χ1v) is 13.5.